The highest BCUT2D eigenvalue weighted by Crippen LogP contribution is 2.15. The van der Waals surface area contributed by atoms with Crippen molar-refractivity contribution in [3.8, 4) is 0 Å². The Morgan fingerprint density at radius 2 is 2.17 bits per heavy atom. The van der Waals surface area contributed by atoms with Crippen LogP contribution < -0.4 is 4.72 Å². The quantitative estimate of drug-likeness (QED) is 0.612. The van der Waals surface area contributed by atoms with Gasteiger partial charge in [0.25, 0.3) is 0 Å². The normalized spacial score (nSPS) is 9.83. The van der Waals surface area contributed by atoms with Gasteiger partial charge < -0.3 is 5.11 Å². The summed E-state index contributed by atoms with van der Waals surface area (Å²) in [5, 5.41) is 8.55. The Balaban J connectivity index is 0.000000360. The Morgan fingerprint density at radius 1 is 1.44 bits per heavy atom. The lowest BCUT2D eigenvalue weighted by Crippen LogP contribution is -1.94. The van der Waals surface area contributed by atoms with Gasteiger partial charge in [0.1, 0.15) is 5.82 Å². The second-order valence-electron chi connectivity index (χ2n) is 3.62. The maximum Gasteiger partial charge on any atom is 0.126 e. The highest BCUT2D eigenvalue weighted by atomic mass is 79.9. The van der Waals surface area contributed by atoms with E-state index in [4.69, 9.17) is 5.11 Å². The minimum Gasteiger partial charge on any atom is -0.396 e. The molecule has 18 heavy (non-hydrogen) atoms. The summed E-state index contributed by atoms with van der Waals surface area (Å²) in [6.45, 7) is 2.18. The first-order valence-electron chi connectivity index (χ1n) is 5.99. The summed E-state index contributed by atoms with van der Waals surface area (Å²) in [6.07, 6.45) is 2.99. The van der Waals surface area contributed by atoms with Crippen LogP contribution in [-0.4, -0.2) is 24.5 Å². The molecule has 0 aliphatic heterocycles. The van der Waals surface area contributed by atoms with Gasteiger partial charge in [-0.2, -0.15) is 0 Å². The van der Waals surface area contributed by atoms with Gasteiger partial charge in [0.15, 0.2) is 0 Å². The predicted octanol–water partition coefficient (Wildman–Crippen LogP) is 3.78. The molecule has 1 aromatic carbocycles. The molecule has 0 aromatic heterocycles. The molecule has 0 saturated carbocycles. The van der Waals surface area contributed by atoms with Crippen molar-refractivity contribution in [2.24, 2.45) is 0 Å². The third-order valence-electron chi connectivity index (χ3n) is 2.13. The number of rotatable bonds is 6. The lowest BCUT2D eigenvalue weighted by atomic mass is 10.1. The first-order chi connectivity index (χ1) is 8.65. The van der Waals surface area contributed by atoms with Crippen LogP contribution in [0.4, 0.5) is 4.39 Å². The molecule has 0 aliphatic carbocycles. The van der Waals surface area contributed by atoms with Gasteiger partial charge in [-0.25, -0.2) is 4.39 Å². The van der Waals surface area contributed by atoms with Gasteiger partial charge in [-0.15, -0.1) is 0 Å². The van der Waals surface area contributed by atoms with Crippen molar-refractivity contribution in [2.45, 2.75) is 26.2 Å². The SMILES string of the molecule is CCCCSNC.OCCc1cc(Br)ccc1F. The molecule has 2 N–H and O–H groups in total. The number of hydrogen-bond donors (Lipinski definition) is 2. The van der Waals surface area contributed by atoms with Crippen LogP contribution in [-0.2, 0) is 6.42 Å². The van der Waals surface area contributed by atoms with E-state index in [0.29, 0.717) is 12.0 Å². The summed E-state index contributed by atoms with van der Waals surface area (Å²) >= 11 is 5.00. The Morgan fingerprint density at radius 3 is 2.72 bits per heavy atom. The van der Waals surface area contributed by atoms with Gasteiger partial charge >= 0.3 is 0 Å². The fourth-order valence-electron chi connectivity index (χ4n) is 1.17. The predicted molar refractivity (Wildman–Crippen MR) is 81.3 cm³/mol. The lowest BCUT2D eigenvalue weighted by molar-refractivity contribution is 0.297. The molecule has 0 bridgehead atoms. The lowest BCUT2D eigenvalue weighted by Gasteiger charge is -2.00. The summed E-state index contributed by atoms with van der Waals surface area (Å²) in [6, 6.07) is 4.69. The Hall–Kier alpha value is -0.100. The molecule has 0 atom stereocenters. The van der Waals surface area contributed by atoms with E-state index >= 15 is 0 Å². The summed E-state index contributed by atoms with van der Waals surface area (Å²) < 4.78 is 16.7. The molecule has 1 rings (SSSR count). The van der Waals surface area contributed by atoms with Crippen LogP contribution in [0, 0.1) is 5.82 Å². The van der Waals surface area contributed by atoms with Crippen LogP contribution in [0.3, 0.4) is 0 Å². The number of benzene rings is 1. The molecule has 0 heterocycles. The van der Waals surface area contributed by atoms with Crippen molar-refractivity contribution in [1.82, 2.24) is 4.72 Å². The molecule has 0 amide bonds. The number of hydrogen-bond acceptors (Lipinski definition) is 3. The largest absolute Gasteiger partial charge is 0.396 e. The average Bonchev–Trinajstić information content (AvgIpc) is 2.36. The van der Waals surface area contributed by atoms with Gasteiger partial charge in [-0.05, 0) is 43.7 Å². The van der Waals surface area contributed by atoms with Gasteiger partial charge in [0, 0.05) is 16.8 Å². The number of aliphatic hydroxyl groups is 1. The van der Waals surface area contributed by atoms with Gasteiger partial charge in [-0.1, -0.05) is 41.2 Å². The van der Waals surface area contributed by atoms with Crippen molar-refractivity contribution < 1.29 is 9.50 Å². The minimum atomic E-state index is -0.262. The molecule has 0 fully saturated rings. The number of halogens is 2. The summed E-state index contributed by atoms with van der Waals surface area (Å²) in [5.41, 5.74) is 0.543. The first kappa shape index (κ1) is 17.9. The van der Waals surface area contributed by atoms with Gasteiger partial charge in [0.2, 0.25) is 0 Å². The van der Waals surface area contributed by atoms with E-state index in [-0.39, 0.29) is 12.4 Å². The molecule has 1 aromatic rings. The molecule has 0 saturated heterocycles. The topological polar surface area (TPSA) is 32.3 Å². The van der Waals surface area contributed by atoms with E-state index in [2.05, 4.69) is 27.6 Å². The summed E-state index contributed by atoms with van der Waals surface area (Å²) in [4.78, 5) is 0. The second-order valence-corrected chi connectivity index (χ2v) is 5.64. The average molecular weight is 338 g/mol. The first-order valence-corrected chi connectivity index (χ1v) is 7.76. The zero-order valence-corrected chi connectivity index (χ0v) is 13.3. The Kier molecular flexibility index (Phi) is 11.9. The monoisotopic (exact) mass is 337 g/mol. The smallest absolute Gasteiger partial charge is 0.126 e. The molecular formula is C13H21BrFNOS. The molecule has 0 unspecified atom stereocenters. The van der Waals surface area contributed by atoms with Crippen molar-refractivity contribution >= 4 is 27.9 Å². The van der Waals surface area contributed by atoms with E-state index in [1.54, 1.807) is 24.1 Å². The fraction of sp³-hybridized carbons (Fsp3) is 0.538. The zero-order chi connectivity index (χ0) is 13.8. The molecule has 0 spiro atoms. The van der Waals surface area contributed by atoms with E-state index < -0.39 is 0 Å². The van der Waals surface area contributed by atoms with Crippen molar-refractivity contribution in [3.05, 3.63) is 34.1 Å². The van der Waals surface area contributed by atoms with E-state index in [9.17, 15) is 4.39 Å². The maximum atomic E-state index is 12.8. The highest BCUT2D eigenvalue weighted by Gasteiger charge is 2.00. The number of aliphatic hydroxyl groups excluding tert-OH is 1. The van der Waals surface area contributed by atoms with Gasteiger partial charge in [-0.3, -0.25) is 4.72 Å². The number of unbranched alkanes of at least 4 members (excludes halogenated alkanes) is 1. The van der Waals surface area contributed by atoms with Crippen molar-refractivity contribution in [2.75, 3.05) is 19.4 Å². The standard InChI is InChI=1S/C8H8BrFO.C5H13NS/c9-7-1-2-8(10)6(5-7)3-4-11;1-3-4-5-7-6-2/h1-2,5,11H,3-4H2;6H,3-5H2,1-2H3. The minimum absolute atomic E-state index is 0.0205. The van der Waals surface area contributed by atoms with Crippen LogP contribution in [0.5, 0.6) is 0 Å². The van der Waals surface area contributed by atoms with Crippen LogP contribution in [0.1, 0.15) is 25.3 Å². The van der Waals surface area contributed by atoms with Crippen molar-refractivity contribution in [3.63, 3.8) is 0 Å². The fourth-order valence-corrected chi connectivity index (χ4v) is 2.22. The molecule has 5 heteroatoms. The van der Waals surface area contributed by atoms with Crippen LogP contribution in [0.2, 0.25) is 0 Å². The Labute approximate surface area is 122 Å². The van der Waals surface area contributed by atoms with Crippen molar-refractivity contribution in [1.29, 1.82) is 0 Å². The molecule has 2 nitrogen and oxygen atoms in total. The number of nitrogens with one attached hydrogen (secondary N) is 1. The second kappa shape index (κ2) is 12.0. The Bertz CT molecular complexity index is 322. The van der Waals surface area contributed by atoms with Crippen LogP contribution >= 0.6 is 27.9 Å². The molecule has 0 aliphatic rings. The summed E-state index contributed by atoms with van der Waals surface area (Å²) in [5.74, 6) is 0.981. The molecule has 0 radical (unpaired) electrons. The third-order valence-corrected chi connectivity index (χ3v) is 3.41. The van der Waals surface area contributed by atoms with Crippen LogP contribution in [0.25, 0.3) is 0 Å². The van der Waals surface area contributed by atoms with Crippen LogP contribution in [0.15, 0.2) is 22.7 Å². The zero-order valence-electron chi connectivity index (χ0n) is 10.9. The molecule has 104 valence electrons. The maximum absolute atomic E-state index is 12.8. The van der Waals surface area contributed by atoms with E-state index in [1.807, 2.05) is 7.05 Å². The summed E-state index contributed by atoms with van der Waals surface area (Å²) in [7, 11) is 1.96. The highest BCUT2D eigenvalue weighted by molar-refractivity contribution is 9.10. The van der Waals surface area contributed by atoms with E-state index in [0.717, 1.165) is 4.47 Å². The third kappa shape index (κ3) is 8.91. The van der Waals surface area contributed by atoms with Gasteiger partial charge in [0.05, 0.1) is 0 Å². The van der Waals surface area contributed by atoms with E-state index in [1.165, 1.54) is 24.7 Å². The molecular weight excluding hydrogens is 317 g/mol.